The number of amidine groups is 1. The molecular formula is C16H22N4S. The third-order valence-electron chi connectivity index (χ3n) is 3.10. The molecule has 0 bridgehead atoms. The number of hydrogen-bond donors (Lipinski definition) is 2. The number of aromatic nitrogens is 2. The first kappa shape index (κ1) is 15.6. The molecule has 2 aromatic rings. The summed E-state index contributed by atoms with van der Waals surface area (Å²) in [6.07, 6.45) is 7.74. The summed E-state index contributed by atoms with van der Waals surface area (Å²) in [6.45, 7) is 0.798. The van der Waals surface area contributed by atoms with Crippen LogP contribution in [0.15, 0.2) is 47.7 Å². The van der Waals surface area contributed by atoms with Crippen LogP contribution < -0.4 is 5.73 Å². The van der Waals surface area contributed by atoms with Crippen molar-refractivity contribution in [2.75, 3.05) is 12.3 Å². The minimum absolute atomic E-state index is 0.697. The van der Waals surface area contributed by atoms with E-state index in [0.29, 0.717) is 5.17 Å². The summed E-state index contributed by atoms with van der Waals surface area (Å²) in [6, 6.07) is 10.5. The molecule has 5 heteroatoms. The van der Waals surface area contributed by atoms with Gasteiger partial charge in [-0.3, -0.25) is 4.99 Å². The lowest BCUT2D eigenvalue weighted by Crippen LogP contribution is -2.09. The molecule has 0 spiro atoms. The number of aliphatic imine (C=N–C) groups is 1. The van der Waals surface area contributed by atoms with E-state index in [-0.39, 0.29) is 0 Å². The van der Waals surface area contributed by atoms with E-state index in [4.69, 9.17) is 5.73 Å². The second kappa shape index (κ2) is 9.23. The fourth-order valence-electron chi connectivity index (χ4n) is 2.01. The van der Waals surface area contributed by atoms with Crippen LogP contribution in [0.3, 0.4) is 0 Å². The fourth-order valence-corrected chi connectivity index (χ4v) is 2.69. The molecule has 0 aliphatic rings. The Labute approximate surface area is 130 Å². The maximum absolute atomic E-state index is 5.90. The zero-order chi connectivity index (χ0) is 14.8. The van der Waals surface area contributed by atoms with E-state index < -0.39 is 0 Å². The van der Waals surface area contributed by atoms with Gasteiger partial charge in [-0.2, -0.15) is 0 Å². The van der Waals surface area contributed by atoms with Gasteiger partial charge >= 0.3 is 0 Å². The van der Waals surface area contributed by atoms with Gasteiger partial charge in [0.2, 0.25) is 0 Å². The van der Waals surface area contributed by atoms with Crippen LogP contribution in [0.1, 0.15) is 24.2 Å². The Bertz CT molecular complexity index is 522. The van der Waals surface area contributed by atoms with E-state index in [1.165, 1.54) is 5.56 Å². The number of aryl methyl sites for hydroxylation is 2. The highest BCUT2D eigenvalue weighted by atomic mass is 32.2. The number of imidazole rings is 1. The van der Waals surface area contributed by atoms with Crippen LogP contribution in [0.25, 0.3) is 0 Å². The van der Waals surface area contributed by atoms with E-state index in [1.807, 2.05) is 12.3 Å². The molecule has 112 valence electrons. The standard InChI is InChI=1S/C16H22N4S/c17-16(21-13-5-9-15-18-11-12-19-15)20-10-4-8-14-6-2-1-3-7-14/h1-3,6-7,11-12H,4-5,8-10,13H2,(H2,17,20)(H,18,19). The van der Waals surface area contributed by atoms with Gasteiger partial charge in [-0.05, 0) is 24.8 Å². The van der Waals surface area contributed by atoms with E-state index in [2.05, 4.69) is 39.2 Å². The van der Waals surface area contributed by atoms with Crippen molar-refractivity contribution < 1.29 is 0 Å². The van der Waals surface area contributed by atoms with E-state index in [0.717, 1.165) is 43.8 Å². The molecule has 0 unspecified atom stereocenters. The summed E-state index contributed by atoms with van der Waals surface area (Å²) in [5.41, 5.74) is 7.26. The molecule has 1 aromatic carbocycles. The van der Waals surface area contributed by atoms with Crippen molar-refractivity contribution in [1.82, 2.24) is 9.97 Å². The van der Waals surface area contributed by atoms with Gasteiger partial charge in [0.15, 0.2) is 5.17 Å². The van der Waals surface area contributed by atoms with Gasteiger partial charge in [-0.1, -0.05) is 42.1 Å². The van der Waals surface area contributed by atoms with E-state index in [1.54, 1.807) is 18.0 Å². The zero-order valence-electron chi connectivity index (χ0n) is 12.2. The predicted molar refractivity (Wildman–Crippen MR) is 90.6 cm³/mol. The molecule has 0 radical (unpaired) electrons. The number of nitrogens with one attached hydrogen (secondary N) is 1. The molecule has 2 rings (SSSR count). The van der Waals surface area contributed by atoms with Crippen molar-refractivity contribution in [3.63, 3.8) is 0 Å². The lowest BCUT2D eigenvalue weighted by Gasteiger charge is -2.01. The molecule has 0 aliphatic carbocycles. The van der Waals surface area contributed by atoms with Gasteiger partial charge in [0.25, 0.3) is 0 Å². The minimum Gasteiger partial charge on any atom is -0.379 e. The van der Waals surface area contributed by atoms with Gasteiger partial charge in [-0.25, -0.2) is 4.98 Å². The first-order valence-electron chi connectivity index (χ1n) is 7.29. The Morgan fingerprint density at radius 2 is 2.05 bits per heavy atom. The molecule has 4 nitrogen and oxygen atoms in total. The van der Waals surface area contributed by atoms with Crippen molar-refractivity contribution in [3.8, 4) is 0 Å². The fraction of sp³-hybridized carbons (Fsp3) is 0.375. The number of benzene rings is 1. The Hall–Kier alpha value is -1.75. The lowest BCUT2D eigenvalue weighted by molar-refractivity contribution is 0.834. The zero-order valence-corrected chi connectivity index (χ0v) is 13.0. The van der Waals surface area contributed by atoms with Crippen molar-refractivity contribution in [1.29, 1.82) is 0 Å². The van der Waals surface area contributed by atoms with Gasteiger partial charge in [-0.15, -0.1) is 0 Å². The number of aromatic amines is 1. The van der Waals surface area contributed by atoms with E-state index in [9.17, 15) is 0 Å². The molecule has 0 amide bonds. The monoisotopic (exact) mass is 302 g/mol. The first-order chi connectivity index (χ1) is 10.3. The normalized spacial score (nSPS) is 11.7. The summed E-state index contributed by atoms with van der Waals surface area (Å²) in [5.74, 6) is 2.02. The van der Waals surface area contributed by atoms with Crippen LogP contribution in [-0.2, 0) is 12.8 Å². The van der Waals surface area contributed by atoms with Crippen LogP contribution in [0.4, 0.5) is 0 Å². The first-order valence-corrected chi connectivity index (χ1v) is 8.28. The largest absolute Gasteiger partial charge is 0.379 e. The summed E-state index contributed by atoms with van der Waals surface area (Å²) < 4.78 is 0. The molecular weight excluding hydrogens is 280 g/mol. The van der Waals surface area contributed by atoms with E-state index >= 15 is 0 Å². The third-order valence-corrected chi connectivity index (χ3v) is 4.01. The number of nitrogens with zero attached hydrogens (tertiary/aromatic N) is 2. The minimum atomic E-state index is 0.697. The Morgan fingerprint density at radius 1 is 1.19 bits per heavy atom. The van der Waals surface area contributed by atoms with Crippen molar-refractivity contribution in [2.45, 2.75) is 25.7 Å². The lowest BCUT2D eigenvalue weighted by atomic mass is 10.1. The average Bonchev–Trinajstić information content (AvgIpc) is 3.02. The molecule has 0 aliphatic heterocycles. The molecule has 0 atom stereocenters. The van der Waals surface area contributed by atoms with Gasteiger partial charge in [0.1, 0.15) is 5.82 Å². The molecule has 1 heterocycles. The molecule has 0 saturated heterocycles. The third kappa shape index (κ3) is 6.49. The molecule has 1 aromatic heterocycles. The van der Waals surface area contributed by atoms with Gasteiger partial charge in [0.05, 0.1) is 0 Å². The Kier molecular flexibility index (Phi) is 6.88. The highest BCUT2D eigenvalue weighted by Crippen LogP contribution is 2.07. The van der Waals surface area contributed by atoms with Crippen molar-refractivity contribution in [3.05, 3.63) is 54.1 Å². The molecule has 0 fully saturated rings. The van der Waals surface area contributed by atoms with Crippen LogP contribution in [-0.4, -0.2) is 27.4 Å². The maximum Gasteiger partial charge on any atom is 0.153 e. The van der Waals surface area contributed by atoms with Crippen LogP contribution in [0.2, 0.25) is 0 Å². The summed E-state index contributed by atoms with van der Waals surface area (Å²) in [5, 5.41) is 0.697. The molecule has 3 N–H and O–H groups in total. The van der Waals surface area contributed by atoms with Crippen molar-refractivity contribution >= 4 is 16.9 Å². The maximum atomic E-state index is 5.90. The number of thioether (sulfide) groups is 1. The smallest absolute Gasteiger partial charge is 0.153 e. The molecule has 0 saturated carbocycles. The summed E-state index contributed by atoms with van der Waals surface area (Å²) in [7, 11) is 0. The number of nitrogens with two attached hydrogens (primary N) is 1. The number of hydrogen-bond acceptors (Lipinski definition) is 3. The molecule has 21 heavy (non-hydrogen) atoms. The second-order valence-electron chi connectivity index (χ2n) is 4.80. The SMILES string of the molecule is NC(=NCCCc1ccccc1)SCCCc1ncc[nH]1. The average molecular weight is 302 g/mol. The number of H-pyrrole nitrogens is 1. The second-order valence-corrected chi connectivity index (χ2v) is 5.91. The predicted octanol–water partition coefficient (Wildman–Crippen LogP) is 3.02. The van der Waals surface area contributed by atoms with Crippen LogP contribution >= 0.6 is 11.8 Å². The highest BCUT2D eigenvalue weighted by Gasteiger charge is 1.98. The Balaban J connectivity index is 1.54. The summed E-state index contributed by atoms with van der Waals surface area (Å²) >= 11 is 1.63. The van der Waals surface area contributed by atoms with Crippen LogP contribution in [0, 0.1) is 0 Å². The Morgan fingerprint density at radius 3 is 2.81 bits per heavy atom. The summed E-state index contributed by atoms with van der Waals surface area (Å²) in [4.78, 5) is 11.7. The van der Waals surface area contributed by atoms with Gasteiger partial charge < -0.3 is 10.7 Å². The topological polar surface area (TPSA) is 67.1 Å². The van der Waals surface area contributed by atoms with Crippen LogP contribution in [0.5, 0.6) is 0 Å². The van der Waals surface area contributed by atoms with Crippen molar-refractivity contribution in [2.24, 2.45) is 10.7 Å². The quantitative estimate of drug-likeness (QED) is 0.447. The highest BCUT2D eigenvalue weighted by molar-refractivity contribution is 8.13. The number of rotatable bonds is 8. The van der Waals surface area contributed by atoms with Gasteiger partial charge in [0, 0.05) is 31.1 Å².